The zero-order valence-corrected chi connectivity index (χ0v) is 9.67. The monoisotopic (exact) mass is 223 g/mol. The Hall–Kier alpha value is -1.06. The van der Waals surface area contributed by atoms with Crippen LogP contribution in [0.5, 0.6) is 0 Å². The van der Waals surface area contributed by atoms with Crippen LogP contribution in [0.15, 0.2) is 18.2 Å². The van der Waals surface area contributed by atoms with Gasteiger partial charge in [0.05, 0.1) is 11.2 Å². The van der Waals surface area contributed by atoms with E-state index in [9.17, 15) is 0 Å². The van der Waals surface area contributed by atoms with Gasteiger partial charge in [-0.3, -0.25) is 4.68 Å². The third kappa shape index (κ3) is 1.85. The van der Waals surface area contributed by atoms with E-state index in [0.717, 1.165) is 23.6 Å². The van der Waals surface area contributed by atoms with Crippen molar-refractivity contribution in [3.05, 3.63) is 28.9 Å². The summed E-state index contributed by atoms with van der Waals surface area (Å²) in [6.45, 7) is 3.79. The highest BCUT2D eigenvalue weighted by Crippen LogP contribution is 2.22. The van der Waals surface area contributed by atoms with Gasteiger partial charge < -0.3 is 5.32 Å². The SMILES string of the molecule is CCn1nc2cc(Cl)ccc2c1CNC. The second-order valence-corrected chi connectivity index (χ2v) is 3.89. The van der Waals surface area contributed by atoms with E-state index in [0.29, 0.717) is 0 Å². The van der Waals surface area contributed by atoms with E-state index >= 15 is 0 Å². The van der Waals surface area contributed by atoms with Crippen molar-refractivity contribution in [2.24, 2.45) is 0 Å². The van der Waals surface area contributed by atoms with Gasteiger partial charge in [0.1, 0.15) is 0 Å². The third-order valence-electron chi connectivity index (χ3n) is 2.45. The Morgan fingerprint density at radius 1 is 1.47 bits per heavy atom. The standard InChI is InChI=1S/C11H14ClN3/c1-3-15-11(7-13-2)9-5-4-8(12)6-10(9)14-15/h4-6,13H,3,7H2,1-2H3. The van der Waals surface area contributed by atoms with Crippen molar-refractivity contribution in [3.8, 4) is 0 Å². The maximum atomic E-state index is 5.94. The molecule has 0 radical (unpaired) electrons. The van der Waals surface area contributed by atoms with Crippen molar-refractivity contribution in [2.45, 2.75) is 20.0 Å². The zero-order chi connectivity index (χ0) is 10.8. The summed E-state index contributed by atoms with van der Waals surface area (Å²) in [5.74, 6) is 0. The molecule has 0 aliphatic heterocycles. The first-order chi connectivity index (χ1) is 7.26. The number of hydrogen-bond donors (Lipinski definition) is 1. The van der Waals surface area contributed by atoms with Crippen LogP contribution >= 0.6 is 11.6 Å². The number of hydrogen-bond acceptors (Lipinski definition) is 2. The average molecular weight is 224 g/mol. The van der Waals surface area contributed by atoms with Crippen LogP contribution in [0.2, 0.25) is 5.02 Å². The van der Waals surface area contributed by atoms with Gasteiger partial charge in [-0.1, -0.05) is 11.6 Å². The lowest BCUT2D eigenvalue weighted by Crippen LogP contribution is -2.11. The molecule has 0 atom stereocenters. The minimum Gasteiger partial charge on any atom is -0.314 e. The van der Waals surface area contributed by atoms with Gasteiger partial charge in [-0.15, -0.1) is 0 Å². The smallest absolute Gasteiger partial charge is 0.0941 e. The van der Waals surface area contributed by atoms with Crippen LogP contribution in [0.4, 0.5) is 0 Å². The van der Waals surface area contributed by atoms with Gasteiger partial charge in [0.25, 0.3) is 0 Å². The molecule has 0 saturated carbocycles. The normalized spacial score (nSPS) is 11.1. The van der Waals surface area contributed by atoms with Crippen LogP contribution in [0.1, 0.15) is 12.6 Å². The zero-order valence-electron chi connectivity index (χ0n) is 8.92. The van der Waals surface area contributed by atoms with Crippen LogP contribution in [-0.4, -0.2) is 16.8 Å². The molecule has 0 aliphatic carbocycles. The van der Waals surface area contributed by atoms with Crippen molar-refractivity contribution in [1.82, 2.24) is 15.1 Å². The van der Waals surface area contributed by atoms with Gasteiger partial charge >= 0.3 is 0 Å². The van der Waals surface area contributed by atoms with Gasteiger partial charge in [-0.25, -0.2) is 0 Å². The summed E-state index contributed by atoms with van der Waals surface area (Å²) in [6.07, 6.45) is 0. The maximum absolute atomic E-state index is 5.94. The summed E-state index contributed by atoms with van der Waals surface area (Å²) < 4.78 is 2.01. The highest BCUT2D eigenvalue weighted by molar-refractivity contribution is 6.31. The van der Waals surface area contributed by atoms with Crippen molar-refractivity contribution in [1.29, 1.82) is 0 Å². The average Bonchev–Trinajstić information content (AvgIpc) is 2.56. The van der Waals surface area contributed by atoms with E-state index in [-0.39, 0.29) is 0 Å². The number of benzene rings is 1. The van der Waals surface area contributed by atoms with Crippen LogP contribution in [0.25, 0.3) is 10.9 Å². The van der Waals surface area contributed by atoms with Crippen molar-refractivity contribution < 1.29 is 0 Å². The highest BCUT2D eigenvalue weighted by Gasteiger charge is 2.09. The molecule has 1 N–H and O–H groups in total. The van der Waals surface area contributed by atoms with E-state index in [4.69, 9.17) is 11.6 Å². The molecule has 0 aliphatic rings. The molecule has 0 bridgehead atoms. The summed E-state index contributed by atoms with van der Waals surface area (Å²) in [7, 11) is 1.94. The number of fused-ring (bicyclic) bond motifs is 1. The maximum Gasteiger partial charge on any atom is 0.0941 e. The molecule has 2 aromatic rings. The van der Waals surface area contributed by atoms with Crippen LogP contribution in [0, 0.1) is 0 Å². The van der Waals surface area contributed by atoms with E-state index < -0.39 is 0 Å². The number of aromatic nitrogens is 2. The van der Waals surface area contributed by atoms with Crippen LogP contribution in [-0.2, 0) is 13.1 Å². The second kappa shape index (κ2) is 4.21. The van der Waals surface area contributed by atoms with E-state index in [1.54, 1.807) is 0 Å². The fraction of sp³-hybridized carbons (Fsp3) is 0.364. The first-order valence-electron chi connectivity index (χ1n) is 5.05. The fourth-order valence-corrected chi connectivity index (χ4v) is 1.94. The Labute approximate surface area is 94.0 Å². The lowest BCUT2D eigenvalue weighted by molar-refractivity contribution is 0.610. The molecule has 0 unspecified atom stereocenters. The Kier molecular flexibility index (Phi) is 2.93. The Bertz CT molecular complexity index is 476. The summed E-state index contributed by atoms with van der Waals surface area (Å²) in [6, 6.07) is 5.84. The predicted octanol–water partition coefficient (Wildman–Crippen LogP) is 2.43. The Morgan fingerprint density at radius 3 is 2.93 bits per heavy atom. The van der Waals surface area contributed by atoms with E-state index in [1.165, 1.54) is 11.1 Å². The molecule has 2 rings (SSSR count). The summed E-state index contributed by atoms with van der Waals surface area (Å²) in [5, 5.41) is 9.57. The molecule has 0 amide bonds. The molecular formula is C11H14ClN3. The number of aryl methyl sites for hydroxylation is 1. The summed E-state index contributed by atoms with van der Waals surface area (Å²) >= 11 is 5.94. The first-order valence-corrected chi connectivity index (χ1v) is 5.43. The molecule has 80 valence electrons. The van der Waals surface area contributed by atoms with Gasteiger partial charge in [0, 0.05) is 23.5 Å². The largest absolute Gasteiger partial charge is 0.314 e. The molecule has 0 fully saturated rings. The van der Waals surface area contributed by atoms with E-state index in [2.05, 4.69) is 17.3 Å². The van der Waals surface area contributed by atoms with E-state index in [1.807, 2.05) is 29.9 Å². The summed E-state index contributed by atoms with van der Waals surface area (Å²) in [5.41, 5.74) is 2.18. The van der Waals surface area contributed by atoms with Crippen LogP contribution in [0.3, 0.4) is 0 Å². The third-order valence-corrected chi connectivity index (χ3v) is 2.69. The minimum atomic E-state index is 0.735. The molecule has 0 saturated heterocycles. The van der Waals surface area contributed by atoms with Crippen LogP contribution < -0.4 is 5.32 Å². The molecule has 1 aromatic heterocycles. The van der Waals surface area contributed by atoms with Crippen molar-refractivity contribution in [2.75, 3.05) is 7.05 Å². The topological polar surface area (TPSA) is 29.9 Å². The predicted molar refractivity (Wildman–Crippen MR) is 63.2 cm³/mol. The molecule has 15 heavy (non-hydrogen) atoms. The fourth-order valence-electron chi connectivity index (χ4n) is 1.78. The van der Waals surface area contributed by atoms with Crippen molar-refractivity contribution in [3.63, 3.8) is 0 Å². The number of nitrogens with one attached hydrogen (secondary N) is 1. The number of rotatable bonds is 3. The molecule has 1 aromatic carbocycles. The molecular weight excluding hydrogens is 210 g/mol. The summed E-state index contributed by atoms with van der Waals surface area (Å²) in [4.78, 5) is 0. The van der Waals surface area contributed by atoms with Gasteiger partial charge in [0.2, 0.25) is 0 Å². The van der Waals surface area contributed by atoms with Crippen molar-refractivity contribution >= 4 is 22.5 Å². The minimum absolute atomic E-state index is 0.735. The number of halogens is 1. The highest BCUT2D eigenvalue weighted by atomic mass is 35.5. The Balaban J connectivity index is 2.63. The molecule has 0 spiro atoms. The Morgan fingerprint density at radius 2 is 2.27 bits per heavy atom. The van der Waals surface area contributed by atoms with Gasteiger partial charge in [-0.05, 0) is 32.2 Å². The second-order valence-electron chi connectivity index (χ2n) is 3.45. The molecule has 4 heteroatoms. The quantitative estimate of drug-likeness (QED) is 0.866. The molecule has 1 heterocycles. The first kappa shape index (κ1) is 10.5. The molecule has 3 nitrogen and oxygen atoms in total. The lowest BCUT2D eigenvalue weighted by atomic mass is 10.2. The lowest BCUT2D eigenvalue weighted by Gasteiger charge is -2.03. The number of nitrogens with zero attached hydrogens (tertiary/aromatic N) is 2. The van der Waals surface area contributed by atoms with Gasteiger partial charge in [-0.2, -0.15) is 5.10 Å². The van der Waals surface area contributed by atoms with Gasteiger partial charge in [0.15, 0.2) is 0 Å².